The van der Waals surface area contributed by atoms with E-state index in [2.05, 4.69) is 40.9 Å². The standard InChI is InChI=1S/C19H38N4.HI/c1-5-9-22-10-6-17(7-11-22)14-21-19(20-4)23-12-8-18(15-23)13-16(2)3;/h16-18H,5-15H2,1-4H3,(H,20,21);1H. The highest BCUT2D eigenvalue weighted by atomic mass is 127. The molecule has 1 N–H and O–H groups in total. The Morgan fingerprint density at radius 1 is 1.12 bits per heavy atom. The lowest BCUT2D eigenvalue weighted by Gasteiger charge is -2.32. The van der Waals surface area contributed by atoms with Gasteiger partial charge >= 0.3 is 0 Å². The molecule has 2 aliphatic heterocycles. The van der Waals surface area contributed by atoms with Crippen molar-refractivity contribution >= 4 is 29.9 Å². The van der Waals surface area contributed by atoms with Crippen LogP contribution in [0.4, 0.5) is 0 Å². The molecular formula is C19H39IN4. The molecule has 0 bridgehead atoms. The molecule has 1 unspecified atom stereocenters. The van der Waals surface area contributed by atoms with Gasteiger partial charge in [-0.05, 0) is 69.5 Å². The summed E-state index contributed by atoms with van der Waals surface area (Å²) in [5.41, 5.74) is 0. The van der Waals surface area contributed by atoms with E-state index in [0.717, 1.165) is 30.3 Å². The van der Waals surface area contributed by atoms with Crippen LogP contribution in [0.3, 0.4) is 0 Å². The molecule has 2 heterocycles. The second-order valence-electron chi connectivity index (χ2n) is 7.94. The largest absolute Gasteiger partial charge is 0.356 e. The number of guanidine groups is 1. The van der Waals surface area contributed by atoms with E-state index in [4.69, 9.17) is 0 Å². The van der Waals surface area contributed by atoms with Gasteiger partial charge in [0.15, 0.2) is 5.96 Å². The molecule has 5 heteroatoms. The molecule has 1 atom stereocenters. The molecule has 0 spiro atoms. The fourth-order valence-electron chi connectivity index (χ4n) is 4.18. The molecule has 0 aliphatic carbocycles. The Kier molecular flexibility index (Phi) is 10.6. The number of aliphatic imine (C=N–C) groups is 1. The quantitative estimate of drug-likeness (QED) is 0.381. The van der Waals surface area contributed by atoms with Crippen LogP contribution in [0.25, 0.3) is 0 Å². The third kappa shape index (κ3) is 7.06. The van der Waals surface area contributed by atoms with Crippen molar-refractivity contribution < 1.29 is 0 Å². The summed E-state index contributed by atoms with van der Waals surface area (Å²) in [6, 6.07) is 0. The fraction of sp³-hybridized carbons (Fsp3) is 0.947. The maximum atomic E-state index is 4.53. The molecule has 24 heavy (non-hydrogen) atoms. The Bertz CT molecular complexity index is 364. The van der Waals surface area contributed by atoms with Crippen LogP contribution in [0.15, 0.2) is 4.99 Å². The topological polar surface area (TPSA) is 30.9 Å². The summed E-state index contributed by atoms with van der Waals surface area (Å²) in [6.45, 7) is 14.2. The molecule has 0 radical (unpaired) electrons. The number of hydrogen-bond acceptors (Lipinski definition) is 2. The maximum absolute atomic E-state index is 4.53. The van der Waals surface area contributed by atoms with Gasteiger partial charge in [0, 0.05) is 26.7 Å². The summed E-state index contributed by atoms with van der Waals surface area (Å²) in [5, 5.41) is 3.66. The van der Waals surface area contributed by atoms with Gasteiger partial charge in [0.05, 0.1) is 0 Å². The van der Waals surface area contributed by atoms with Gasteiger partial charge in [0.25, 0.3) is 0 Å². The summed E-state index contributed by atoms with van der Waals surface area (Å²) in [5.74, 6) is 3.61. The molecule has 2 saturated heterocycles. The summed E-state index contributed by atoms with van der Waals surface area (Å²) < 4.78 is 0. The number of nitrogens with zero attached hydrogens (tertiary/aromatic N) is 3. The predicted octanol–water partition coefficient (Wildman–Crippen LogP) is 3.67. The first-order valence-corrected chi connectivity index (χ1v) is 9.80. The Balaban J connectivity index is 0.00000288. The van der Waals surface area contributed by atoms with Crippen molar-refractivity contribution in [1.29, 1.82) is 0 Å². The molecule has 0 saturated carbocycles. The molecular weight excluding hydrogens is 411 g/mol. The molecule has 0 aromatic carbocycles. The Hall–Kier alpha value is -0.0400. The number of nitrogens with one attached hydrogen (secondary N) is 1. The van der Waals surface area contributed by atoms with Crippen LogP contribution in [-0.4, -0.2) is 62.1 Å². The highest BCUT2D eigenvalue weighted by Gasteiger charge is 2.26. The maximum Gasteiger partial charge on any atom is 0.193 e. The Labute approximate surface area is 166 Å². The van der Waals surface area contributed by atoms with Crippen molar-refractivity contribution in [2.24, 2.45) is 22.7 Å². The fourth-order valence-corrected chi connectivity index (χ4v) is 4.18. The van der Waals surface area contributed by atoms with Crippen LogP contribution in [0, 0.1) is 17.8 Å². The molecule has 4 nitrogen and oxygen atoms in total. The van der Waals surface area contributed by atoms with E-state index in [1.165, 1.54) is 64.8 Å². The second kappa shape index (κ2) is 11.6. The zero-order valence-corrected chi connectivity index (χ0v) is 18.6. The van der Waals surface area contributed by atoms with Gasteiger partial charge < -0.3 is 15.1 Å². The SMILES string of the molecule is CCCN1CCC(CNC(=NC)N2CCC(CC(C)C)C2)CC1.I. The lowest BCUT2D eigenvalue weighted by molar-refractivity contribution is 0.185. The lowest BCUT2D eigenvalue weighted by Crippen LogP contribution is -2.44. The van der Waals surface area contributed by atoms with Crippen molar-refractivity contribution in [2.45, 2.75) is 52.9 Å². The molecule has 142 valence electrons. The van der Waals surface area contributed by atoms with Gasteiger partial charge in [-0.2, -0.15) is 0 Å². The van der Waals surface area contributed by atoms with Crippen LogP contribution >= 0.6 is 24.0 Å². The summed E-state index contributed by atoms with van der Waals surface area (Å²) in [4.78, 5) is 9.62. The van der Waals surface area contributed by atoms with Crippen molar-refractivity contribution in [3.63, 3.8) is 0 Å². The summed E-state index contributed by atoms with van der Waals surface area (Å²) in [6.07, 6.45) is 6.62. The van der Waals surface area contributed by atoms with Crippen LogP contribution in [-0.2, 0) is 0 Å². The Morgan fingerprint density at radius 3 is 2.38 bits per heavy atom. The zero-order chi connectivity index (χ0) is 16.7. The van der Waals surface area contributed by atoms with Crippen molar-refractivity contribution in [3.05, 3.63) is 0 Å². The van der Waals surface area contributed by atoms with E-state index in [1.807, 2.05) is 7.05 Å². The smallest absolute Gasteiger partial charge is 0.193 e. The van der Waals surface area contributed by atoms with Crippen LogP contribution in [0.5, 0.6) is 0 Å². The summed E-state index contributed by atoms with van der Waals surface area (Å²) >= 11 is 0. The van der Waals surface area contributed by atoms with E-state index < -0.39 is 0 Å². The van der Waals surface area contributed by atoms with Crippen molar-refractivity contribution in [3.8, 4) is 0 Å². The van der Waals surface area contributed by atoms with E-state index in [0.29, 0.717) is 0 Å². The van der Waals surface area contributed by atoms with Gasteiger partial charge in [0.1, 0.15) is 0 Å². The van der Waals surface area contributed by atoms with Gasteiger partial charge in [-0.3, -0.25) is 4.99 Å². The first-order chi connectivity index (χ1) is 11.1. The third-order valence-corrected chi connectivity index (χ3v) is 5.40. The van der Waals surface area contributed by atoms with Crippen LogP contribution in [0.2, 0.25) is 0 Å². The third-order valence-electron chi connectivity index (χ3n) is 5.40. The second-order valence-corrected chi connectivity index (χ2v) is 7.94. The predicted molar refractivity (Wildman–Crippen MR) is 115 cm³/mol. The molecule has 2 aliphatic rings. The van der Waals surface area contributed by atoms with Crippen LogP contribution < -0.4 is 5.32 Å². The molecule has 0 aromatic heterocycles. The lowest BCUT2D eigenvalue weighted by atomic mass is 9.96. The van der Waals surface area contributed by atoms with Gasteiger partial charge in [-0.1, -0.05) is 20.8 Å². The van der Waals surface area contributed by atoms with E-state index in [-0.39, 0.29) is 24.0 Å². The molecule has 0 amide bonds. The summed E-state index contributed by atoms with van der Waals surface area (Å²) in [7, 11) is 1.93. The minimum atomic E-state index is 0. The van der Waals surface area contributed by atoms with Crippen molar-refractivity contribution in [2.75, 3.05) is 46.3 Å². The van der Waals surface area contributed by atoms with E-state index in [9.17, 15) is 0 Å². The van der Waals surface area contributed by atoms with E-state index >= 15 is 0 Å². The minimum absolute atomic E-state index is 0. The number of likely N-dealkylation sites (tertiary alicyclic amines) is 2. The molecule has 2 fully saturated rings. The normalized spacial score (nSPS) is 23.6. The number of hydrogen-bond donors (Lipinski definition) is 1. The average molecular weight is 450 g/mol. The first-order valence-electron chi connectivity index (χ1n) is 9.80. The minimum Gasteiger partial charge on any atom is -0.356 e. The highest BCUT2D eigenvalue weighted by molar-refractivity contribution is 14.0. The molecule has 0 aromatic rings. The highest BCUT2D eigenvalue weighted by Crippen LogP contribution is 2.23. The number of halogens is 1. The Morgan fingerprint density at radius 2 is 1.79 bits per heavy atom. The van der Waals surface area contributed by atoms with Crippen LogP contribution in [0.1, 0.15) is 52.9 Å². The van der Waals surface area contributed by atoms with Gasteiger partial charge in [0.2, 0.25) is 0 Å². The average Bonchev–Trinajstić information content (AvgIpc) is 2.97. The van der Waals surface area contributed by atoms with Gasteiger partial charge in [-0.25, -0.2) is 0 Å². The van der Waals surface area contributed by atoms with Gasteiger partial charge in [-0.15, -0.1) is 24.0 Å². The molecule has 2 rings (SSSR count). The monoisotopic (exact) mass is 450 g/mol. The van der Waals surface area contributed by atoms with Crippen molar-refractivity contribution in [1.82, 2.24) is 15.1 Å². The zero-order valence-electron chi connectivity index (χ0n) is 16.3. The van der Waals surface area contributed by atoms with E-state index in [1.54, 1.807) is 0 Å². The number of piperidine rings is 1. The first kappa shape index (κ1) is 22.0. The number of rotatable bonds is 6.